The third-order valence-corrected chi connectivity index (χ3v) is 4.55. The maximum Gasteiger partial charge on any atom is 0.317 e. The number of aromatic nitrogens is 2. The maximum atomic E-state index is 12.5. The van der Waals surface area contributed by atoms with E-state index in [-0.39, 0.29) is 12.1 Å². The molecule has 26 heavy (non-hydrogen) atoms. The number of furan rings is 1. The van der Waals surface area contributed by atoms with Crippen LogP contribution in [0.15, 0.2) is 47.1 Å². The summed E-state index contributed by atoms with van der Waals surface area (Å²) in [5.74, 6) is 1.84. The Kier molecular flexibility index (Phi) is 5.61. The Labute approximate surface area is 153 Å². The summed E-state index contributed by atoms with van der Waals surface area (Å²) in [6.45, 7) is 5.40. The minimum absolute atomic E-state index is 0.0695. The van der Waals surface area contributed by atoms with Crippen LogP contribution in [-0.2, 0) is 19.5 Å². The first kappa shape index (κ1) is 18.0. The molecule has 0 fully saturated rings. The Morgan fingerprint density at radius 2 is 2.12 bits per heavy atom. The summed E-state index contributed by atoms with van der Waals surface area (Å²) < 4.78 is 7.49. The molecule has 0 saturated carbocycles. The van der Waals surface area contributed by atoms with Crippen molar-refractivity contribution in [3.63, 3.8) is 0 Å². The predicted octanol–water partition coefficient (Wildman–Crippen LogP) is 3.81. The van der Waals surface area contributed by atoms with Crippen molar-refractivity contribution in [3.8, 4) is 0 Å². The van der Waals surface area contributed by atoms with Crippen molar-refractivity contribution in [1.82, 2.24) is 19.8 Å². The van der Waals surface area contributed by atoms with Gasteiger partial charge in [-0.1, -0.05) is 12.1 Å². The molecule has 6 heteroatoms. The van der Waals surface area contributed by atoms with Gasteiger partial charge in [-0.2, -0.15) is 0 Å². The number of nitrogens with one attached hydrogen (secondary N) is 1. The average molecular weight is 354 g/mol. The molecule has 1 N–H and O–H groups in total. The summed E-state index contributed by atoms with van der Waals surface area (Å²) in [4.78, 5) is 18.8. The van der Waals surface area contributed by atoms with E-state index >= 15 is 0 Å². The fourth-order valence-electron chi connectivity index (χ4n) is 3.09. The second kappa shape index (κ2) is 8.08. The highest BCUT2D eigenvalue weighted by atomic mass is 16.3. The number of rotatable bonds is 7. The van der Waals surface area contributed by atoms with Gasteiger partial charge in [-0.15, -0.1) is 0 Å². The van der Waals surface area contributed by atoms with Crippen molar-refractivity contribution < 1.29 is 9.21 Å². The normalized spacial score (nSPS) is 12.3. The number of urea groups is 1. The smallest absolute Gasteiger partial charge is 0.317 e. The standard InChI is InChI=1S/C20H26N4O2/c1-4-24-18-10-6-5-9-17(18)22-19(24)14-23(3)20(25)21-15(2)11-12-16-8-7-13-26-16/h5-10,13,15H,4,11-12,14H2,1-3H3,(H,21,25)/t15-/m0/s1. The fourth-order valence-corrected chi connectivity index (χ4v) is 3.09. The van der Waals surface area contributed by atoms with Gasteiger partial charge >= 0.3 is 6.03 Å². The molecule has 1 atom stereocenters. The van der Waals surface area contributed by atoms with Gasteiger partial charge in [-0.05, 0) is 44.5 Å². The van der Waals surface area contributed by atoms with E-state index in [2.05, 4.69) is 27.9 Å². The number of para-hydroxylation sites is 2. The zero-order valence-corrected chi connectivity index (χ0v) is 15.6. The molecule has 2 heterocycles. The summed E-state index contributed by atoms with van der Waals surface area (Å²) in [5.41, 5.74) is 2.07. The lowest BCUT2D eigenvalue weighted by Crippen LogP contribution is -2.42. The van der Waals surface area contributed by atoms with Crippen LogP contribution in [0.3, 0.4) is 0 Å². The molecule has 0 unspecified atom stereocenters. The summed E-state index contributed by atoms with van der Waals surface area (Å²) in [6, 6.07) is 11.9. The lowest BCUT2D eigenvalue weighted by molar-refractivity contribution is 0.201. The van der Waals surface area contributed by atoms with Gasteiger partial charge in [0.1, 0.15) is 11.6 Å². The van der Waals surface area contributed by atoms with Crippen LogP contribution in [0.2, 0.25) is 0 Å². The molecular formula is C20H26N4O2. The van der Waals surface area contributed by atoms with E-state index < -0.39 is 0 Å². The van der Waals surface area contributed by atoms with Crippen LogP contribution in [0.4, 0.5) is 4.79 Å². The number of hydrogen-bond donors (Lipinski definition) is 1. The van der Waals surface area contributed by atoms with E-state index in [1.807, 2.05) is 37.3 Å². The number of amides is 2. The van der Waals surface area contributed by atoms with Gasteiger partial charge in [0, 0.05) is 26.1 Å². The Morgan fingerprint density at radius 1 is 1.31 bits per heavy atom. The van der Waals surface area contributed by atoms with E-state index in [4.69, 9.17) is 4.42 Å². The van der Waals surface area contributed by atoms with Crippen LogP contribution in [0.5, 0.6) is 0 Å². The average Bonchev–Trinajstić information content (AvgIpc) is 3.26. The first-order valence-corrected chi connectivity index (χ1v) is 9.06. The molecule has 6 nitrogen and oxygen atoms in total. The van der Waals surface area contributed by atoms with Gasteiger partial charge in [-0.3, -0.25) is 0 Å². The quantitative estimate of drug-likeness (QED) is 0.702. The number of fused-ring (bicyclic) bond motifs is 1. The number of benzene rings is 1. The lowest BCUT2D eigenvalue weighted by Gasteiger charge is -2.21. The van der Waals surface area contributed by atoms with E-state index in [0.29, 0.717) is 6.54 Å². The van der Waals surface area contributed by atoms with Gasteiger partial charge < -0.3 is 19.2 Å². The summed E-state index contributed by atoms with van der Waals surface area (Å²) in [5, 5.41) is 3.04. The Hall–Kier alpha value is -2.76. The number of carbonyl (C=O) groups excluding carboxylic acids is 1. The zero-order valence-electron chi connectivity index (χ0n) is 15.6. The molecule has 3 aromatic rings. The minimum atomic E-state index is -0.0911. The summed E-state index contributed by atoms with van der Waals surface area (Å²) in [6.07, 6.45) is 3.32. The van der Waals surface area contributed by atoms with Gasteiger partial charge in [0.2, 0.25) is 0 Å². The summed E-state index contributed by atoms with van der Waals surface area (Å²) >= 11 is 0. The number of aryl methyl sites for hydroxylation is 2. The second-order valence-corrected chi connectivity index (χ2v) is 6.59. The van der Waals surface area contributed by atoms with E-state index in [9.17, 15) is 4.79 Å². The molecule has 0 saturated heterocycles. The molecule has 3 rings (SSSR count). The van der Waals surface area contributed by atoms with Crippen LogP contribution in [0, 0.1) is 0 Å². The van der Waals surface area contributed by atoms with Crippen molar-refractivity contribution >= 4 is 17.1 Å². The summed E-state index contributed by atoms with van der Waals surface area (Å²) in [7, 11) is 1.80. The molecule has 138 valence electrons. The number of nitrogens with zero attached hydrogens (tertiary/aromatic N) is 3. The van der Waals surface area contributed by atoms with E-state index in [1.165, 1.54) is 0 Å². The van der Waals surface area contributed by atoms with Gasteiger partial charge in [-0.25, -0.2) is 9.78 Å². The highest BCUT2D eigenvalue weighted by molar-refractivity contribution is 5.76. The van der Waals surface area contributed by atoms with Crippen molar-refractivity contribution in [2.45, 2.75) is 45.8 Å². The fraction of sp³-hybridized carbons (Fsp3) is 0.400. The predicted molar refractivity (Wildman–Crippen MR) is 102 cm³/mol. The SMILES string of the molecule is CCn1c(CN(C)C(=O)N[C@@H](C)CCc2ccco2)nc2ccccc21. The number of imidazole rings is 1. The Bertz CT molecular complexity index is 854. The monoisotopic (exact) mass is 354 g/mol. The van der Waals surface area contributed by atoms with Crippen LogP contribution >= 0.6 is 0 Å². The molecule has 0 radical (unpaired) electrons. The third kappa shape index (κ3) is 4.07. The van der Waals surface area contributed by atoms with Crippen molar-refractivity contribution in [2.75, 3.05) is 7.05 Å². The first-order valence-electron chi connectivity index (χ1n) is 9.06. The molecule has 2 amide bonds. The third-order valence-electron chi connectivity index (χ3n) is 4.55. The topological polar surface area (TPSA) is 63.3 Å². The molecule has 2 aromatic heterocycles. The molecule has 0 aliphatic rings. The van der Waals surface area contributed by atoms with Gasteiger partial charge in [0.05, 0.1) is 23.8 Å². The maximum absolute atomic E-state index is 12.5. The lowest BCUT2D eigenvalue weighted by atomic mass is 10.1. The van der Waals surface area contributed by atoms with E-state index in [0.717, 1.165) is 42.0 Å². The second-order valence-electron chi connectivity index (χ2n) is 6.59. The molecule has 1 aromatic carbocycles. The van der Waals surface area contributed by atoms with Crippen molar-refractivity contribution in [2.24, 2.45) is 0 Å². The minimum Gasteiger partial charge on any atom is -0.469 e. The molecular weight excluding hydrogens is 328 g/mol. The van der Waals surface area contributed by atoms with Gasteiger partial charge in [0.15, 0.2) is 0 Å². The molecule has 0 aliphatic carbocycles. The first-order chi connectivity index (χ1) is 12.6. The van der Waals surface area contributed by atoms with Crippen LogP contribution in [-0.4, -0.2) is 33.6 Å². The largest absolute Gasteiger partial charge is 0.469 e. The molecule has 0 aliphatic heterocycles. The van der Waals surface area contributed by atoms with Gasteiger partial charge in [0.25, 0.3) is 0 Å². The highest BCUT2D eigenvalue weighted by Gasteiger charge is 2.16. The van der Waals surface area contributed by atoms with Crippen LogP contribution in [0.1, 0.15) is 31.9 Å². The number of carbonyl (C=O) groups is 1. The van der Waals surface area contributed by atoms with E-state index in [1.54, 1.807) is 18.2 Å². The van der Waals surface area contributed by atoms with Crippen LogP contribution < -0.4 is 5.32 Å². The molecule has 0 bridgehead atoms. The van der Waals surface area contributed by atoms with Crippen molar-refractivity contribution in [3.05, 3.63) is 54.2 Å². The Morgan fingerprint density at radius 3 is 2.85 bits per heavy atom. The number of hydrogen-bond acceptors (Lipinski definition) is 3. The zero-order chi connectivity index (χ0) is 18.5. The highest BCUT2D eigenvalue weighted by Crippen LogP contribution is 2.17. The van der Waals surface area contributed by atoms with Crippen LogP contribution in [0.25, 0.3) is 11.0 Å². The molecule has 0 spiro atoms. The van der Waals surface area contributed by atoms with Crippen molar-refractivity contribution in [1.29, 1.82) is 0 Å². The Balaban J connectivity index is 1.58.